The van der Waals surface area contributed by atoms with Crippen molar-refractivity contribution in [1.29, 1.82) is 0 Å². The molecular formula is C5HN5O2. The van der Waals surface area contributed by atoms with E-state index in [9.17, 15) is 9.59 Å². The van der Waals surface area contributed by atoms with Crippen molar-refractivity contribution in [3.05, 3.63) is 6.33 Å². The molecule has 1 rings (SSSR count). The Morgan fingerprint density at radius 1 is 1.08 bits per heavy atom. The normalized spacial score (nSPS) is 8.00. The lowest BCUT2D eigenvalue weighted by atomic mass is 10.9. The highest BCUT2D eigenvalue weighted by Gasteiger charge is 1.95. The number of aromatic nitrogens is 3. The van der Waals surface area contributed by atoms with E-state index in [1.165, 1.54) is 12.2 Å². The summed E-state index contributed by atoms with van der Waals surface area (Å²) in [5.74, 6) is -0.289. The minimum Gasteiger partial charge on any atom is -0.211 e. The molecule has 0 aromatic carbocycles. The lowest BCUT2D eigenvalue weighted by molar-refractivity contribution is 0.564. The van der Waals surface area contributed by atoms with E-state index >= 15 is 0 Å². The number of nitrogens with zero attached hydrogens (tertiary/aromatic N) is 5. The van der Waals surface area contributed by atoms with Crippen LogP contribution in [0.1, 0.15) is 0 Å². The van der Waals surface area contributed by atoms with Crippen LogP contribution in [0, 0.1) is 0 Å². The maximum absolute atomic E-state index is 9.74. The van der Waals surface area contributed by atoms with Crippen LogP contribution in [0.15, 0.2) is 16.3 Å². The van der Waals surface area contributed by atoms with Crippen LogP contribution in [0.5, 0.6) is 0 Å². The molecule has 58 valence electrons. The fourth-order valence-corrected chi connectivity index (χ4v) is 0.469. The smallest absolute Gasteiger partial charge is 0.211 e. The minimum atomic E-state index is -0.144. The second-order valence-electron chi connectivity index (χ2n) is 1.49. The first-order valence-electron chi connectivity index (χ1n) is 2.71. The summed E-state index contributed by atoms with van der Waals surface area (Å²) in [6, 6.07) is 0. The van der Waals surface area contributed by atoms with E-state index in [0.717, 1.165) is 6.33 Å². The Morgan fingerprint density at radius 3 is 2.00 bits per heavy atom. The van der Waals surface area contributed by atoms with E-state index in [0.29, 0.717) is 0 Å². The zero-order valence-corrected chi connectivity index (χ0v) is 5.63. The van der Waals surface area contributed by atoms with Gasteiger partial charge in [0.1, 0.15) is 6.33 Å². The van der Waals surface area contributed by atoms with E-state index in [2.05, 4.69) is 24.9 Å². The molecule has 0 amide bonds. The van der Waals surface area contributed by atoms with Crippen LogP contribution in [-0.2, 0) is 9.59 Å². The molecule has 0 bridgehead atoms. The minimum absolute atomic E-state index is 0.144. The van der Waals surface area contributed by atoms with Gasteiger partial charge in [0, 0.05) is 0 Å². The van der Waals surface area contributed by atoms with Crippen molar-refractivity contribution in [2.24, 2.45) is 9.98 Å². The summed E-state index contributed by atoms with van der Waals surface area (Å²) in [4.78, 5) is 36.1. The third-order valence-corrected chi connectivity index (χ3v) is 0.838. The second-order valence-corrected chi connectivity index (χ2v) is 1.49. The fourth-order valence-electron chi connectivity index (χ4n) is 0.469. The summed E-state index contributed by atoms with van der Waals surface area (Å²) in [7, 11) is 0. The van der Waals surface area contributed by atoms with Crippen molar-refractivity contribution in [1.82, 2.24) is 15.0 Å². The van der Waals surface area contributed by atoms with E-state index in [-0.39, 0.29) is 11.9 Å². The largest absolute Gasteiger partial charge is 0.265 e. The van der Waals surface area contributed by atoms with E-state index in [1.807, 2.05) is 0 Å². The number of hydrogen-bond donors (Lipinski definition) is 0. The molecule has 0 N–H and O–H groups in total. The molecule has 0 aliphatic rings. The van der Waals surface area contributed by atoms with Crippen molar-refractivity contribution < 1.29 is 9.59 Å². The van der Waals surface area contributed by atoms with Gasteiger partial charge in [-0.1, -0.05) is 0 Å². The molecule has 1 heterocycles. The van der Waals surface area contributed by atoms with Crippen molar-refractivity contribution in [3.63, 3.8) is 0 Å². The van der Waals surface area contributed by atoms with Gasteiger partial charge in [-0.25, -0.2) is 9.59 Å². The predicted octanol–water partition coefficient (Wildman–Crippen LogP) is -0.194. The molecule has 0 spiro atoms. The van der Waals surface area contributed by atoms with Gasteiger partial charge in [-0.15, -0.1) is 9.98 Å². The third-order valence-electron chi connectivity index (χ3n) is 0.838. The summed E-state index contributed by atoms with van der Waals surface area (Å²) >= 11 is 0. The SMILES string of the molecule is O=C=Nc1ncnc(N=C=O)n1. The van der Waals surface area contributed by atoms with Gasteiger partial charge < -0.3 is 0 Å². The van der Waals surface area contributed by atoms with Gasteiger partial charge in [0.15, 0.2) is 0 Å². The van der Waals surface area contributed by atoms with Gasteiger partial charge in [0.25, 0.3) is 11.9 Å². The standard InChI is InChI=1S/C5HN5O2/c11-2-8-4-6-1-7-5(10-4)9-3-12/h1H. The van der Waals surface area contributed by atoms with Crippen LogP contribution in [0.4, 0.5) is 11.9 Å². The Hall–Kier alpha value is -2.23. The summed E-state index contributed by atoms with van der Waals surface area (Å²) in [5, 5.41) is 0. The fraction of sp³-hybridized carbons (Fsp3) is 0. The summed E-state index contributed by atoms with van der Waals surface area (Å²) in [6.07, 6.45) is 3.54. The van der Waals surface area contributed by atoms with Crippen molar-refractivity contribution in [2.75, 3.05) is 0 Å². The van der Waals surface area contributed by atoms with Gasteiger partial charge in [-0.2, -0.15) is 15.0 Å². The maximum atomic E-state index is 9.74. The van der Waals surface area contributed by atoms with Crippen molar-refractivity contribution in [2.45, 2.75) is 0 Å². The molecule has 0 fully saturated rings. The lowest BCUT2D eigenvalue weighted by Gasteiger charge is -1.87. The zero-order valence-electron chi connectivity index (χ0n) is 5.63. The summed E-state index contributed by atoms with van der Waals surface area (Å²) in [5.41, 5.74) is 0. The van der Waals surface area contributed by atoms with E-state index < -0.39 is 0 Å². The summed E-state index contributed by atoms with van der Waals surface area (Å²) < 4.78 is 0. The molecule has 0 saturated carbocycles. The summed E-state index contributed by atoms with van der Waals surface area (Å²) in [6.45, 7) is 0. The zero-order chi connectivity index (χ0) is 8.81. The third kappa shape index (κ3) is 1.88. The van der Waals surface area contributed by atoms with Gasteiger partial charge in [-0.05, 0) is 0 Å². The first-order chi connectivity index (χ1) is 5.86. The Labute approximate surface area is 65.9 Å². The molecule has 0 aliphatic carbocycles. The molecular weight excluding hydrogens is 162 g/mol. The monoisotopic (exact) mass is 163 g/mol. The quantitative estimate of drug-likeness (QED) is 0.444. The van der Waals surface area contributed by atoms with Gasteiger partial charge in [0.2, 0.25) is 12.2 Å². The second kappa shape index (κ2) is 3.82. The first-order valence-corrected chi connectivity index (χ1v) is 2.71. The average molecular weight is 163 g/mol. The number of rotatable bonds is 2. The van der Waals surface area contributed by atoms with Gasteiger partial charge in [0.05, 0.1) is 0 Å². The van der Waals surface area contributed by atoms with Crippen LogP contribution in [0.25, 0.3) is 0 Å². The van der Waals surface area contributed by atoms with Crippen molar-refractivity contribution >= 4 is 24.1 Å². The average Bonchev–Trinajstić information content (AvgIpc) is 2.06. The van der Waals surface area contributed by atoms with Crippen molar-refractivity contribution in [3.8, 4) is 0 Å². The molecule has 1 aromatic heterocycles. The number of aliphatic imine (C=N–C) groups is 2. The predicted molar refractivity (Wildman–Crippen MR) is 35.4 cm³/mol. The van der Waals surface area contributed by atoms with Crippen LogP contribution >= 0.6 is 0 Å². The maximum Gasteiger partial charge on any atom is 0.265 e. The number of isocyanates is 2. The first kappa shape index (κ1) is 7.87. The highest BCUT2D eigenvalue weighted by Crippen LogP contribution is 2.05. The number of carbonyl (C=O) groups excluding carboxylic acids is 2. The Balaban J connectivity index is 3.11. The number of hydrogen-bond acceptors (Lipinski definition) is 7. The van der Waals surface area contributed by atoms with Gasteiger partial charge >= 0.3 is 0 Å². The molecule has 0 radical (unpaired) electrons. The van der Waals surface area contributed by atoms with Crippen LogP contribution in [-0.4, -0.2) is 27.1 Å². The van der Waals surface area contributed by atoms with E-state index in [1.54, 1.807) is 0 Å². The van der Waals surface area contributed by atoms with Crippen LogP contribution in [0.3, 0.4) is 0 Å². The molecule has 7 heteroatoms. The molecule has 0 unspecified atom stereocenters. The molecule has 0 aliphatic heterocycles. The van der Waals surface area contributed by atoms with E-state index in [4.69, 9.17) is 0 Å². The Kier molecular flexibility index (Phi) is 2.51. The van der Waals surface area contributed by atoms with Crippen LogP contribution in [0.2, 0.25) is 0 Å². The van der Waals surface area contributed by atoms with Crippen LogP contribution < -0.4 is 0 Å². The highest BCUT2D eigenvalue weighted by atomic mass is 16.1. The molecule has 1 aromatic rings. The Morgan fingerprint density at radius 2 is 1.58 bits per heavy atom. The molecule has 7 nitrogen and oxygen atoms in total. The molecule has 12 heavy (non-hydrogen) atoms. The van der Waals surface area contributed by atoms with Gasteiger partial charge in [-0.3, -0.25) is 0 Å². The topological polar surface area (TPSA) is 97.5 Å². The lowest BCUT2D eigenvalue weighted by Crippen LogP contribution is -1.83. The highest BCUT2D eigenvalue weighted by molar-refractivity contribution is 5.44. The molecule has 0 saturated heterocycles. The molecule has 0 atom stereocenters. The Bertz CT molecular complexity index is 344.